The average Bonchev–Trinajstić information content (AvgIpc) is 2.18. The maximum Gasteiger partial charge on any atom is 0.122 e. The summed E-state index contributed by atoms with van der Waals surface area (Å²) in [5.41, 5.74) is 0. The van der Waals surface area contributed by atoms with E-state index in [1.54, 1.807) is 0 Å². The molecule has 13 heavy (non-hydrogen) atoms. The normalized spacial score (nSPS) is 11.4. The smallest absolute Gasteiger partial charge is 0.122 e. The number of carbonyl (C=O) groups is 1. The second-order valence-corrected chi connectivity index (χ2v) is 3.13. The number of aldehydes is 1. The highest BCUT2D eigenvalue weighted by molar-refractivity contribution is 5.52. The molecule has 2 nitrogen and oxygen atoms in total. The van der Waals surface area contributed by atoms with Gasteiger partial charge in [-0.1, -0.05) is 27.7 Å². The highest BCUT2D eigenvalue weighted by atomic mass is 16.5. The van der Waals surface area contributed by atoms with Crippen LogP contribution >= 0.6 is 0 Å². The van der Waals surface area contributed by atoms with Gasteiger partial charge in [-0.2, -0.15) is 0 Å². The number of ether oxygens (including phenoxy) is 1. The molecule has 0 aromatic heterocycles. The molecule has 0 heterocycles. The molecule has 0 aliphatic heterocycles. The maximum atomic E-state index is 9.74. The first-order valence-electron chi connectivity index (χ1n) is 5.25. The summed E-state index contributed by atoms with van der Waals surface area (Å²) in [6, 6.07) is 0. The van der Waals surface area contributed by atoms with Gasteiger partial charge in [-0.3, -0.25) is 0 Å². The van der Waals surface area contributed by atoms with Gasteiger partial charge < -0.3 is 9.53 Å². The molecule has 1 unspecified atom stereocenters. The first-order chi connectivity index (χ1) is 6.22. The molecule has 0 aliphatic rings. The van der Waals surface area contributed by atoms with E-state index in [-0.39, 0.29) is 5.92 Å². The van der Waals surface area contributed by atoms with Crippen LogP contribution in [0.3, 0.4) is 0 Å². The Bertz CT molecular complexity index is 88.1. The Labute approximate surface area is 82.7 Å². The summed E-state index contributed by atoms with van der Waals surface area (Å²) in [6.45, 7) is 10.00. The molecule has 80 valence electrons. The highest BCUT2D eigenvalue weighted by Crippen LogP contribution is 1.91. The zero-order valence-electron chi connectivity index (χ0n) is 9.51. The van der Waals surface area contributed by atoms with Crippen molar-refractivity contribution in [2.75, 3.05) is 13.2 Å². The van der Waals surface area contributed by atoms with Gasteiger partial charge in [0.2, 0.25) is 0 Å². The number of rotatable bonds is 6. The molecule has 0 N–H and O–H groups in total. The fourth-order valence-electron chi connectivity index (χ4n) is 0.487. The molecular formula is C11H24O2. The molecule has 2 heteroatoms. The predicted octanol–water partition coefficient (Wildman–Crippen LogP) is 3.05. The van der Waals surface area contributed by atoms with Gasteiger partial charge in [-0.05, 0) is 19.3 Å². The number of hydrogen-bond acceptors (Lipinski definition) is 2. The van der Waals surface area contributed by atoms with Crippen LogP contribution in [0.2, 0.25) is 0 Å². The van der Waals surface area contributed by atoms with Gasteiger partial charge in [0.25, 0.3) is 0 Å². The van der Waals surface area contributed by atoms with E-state index in [0.29, 0.717) is 0 Å². The Morgan fingerprint density at radius 1 is 1.15 bits per heavy atom. The lowest BCUT2D eigenvalue weighted by molar-refractivity contribution is -0.110. The third kappa shape index (κ3) is 18.5. The molecule has 0 aromatic carbocycles. The molecule has 0 fully saturated rings. The fraction of sp³-hybridized carbons (Fsp3) is 0.909. The third-order valence-electron chi connectivity index (χ3n) is 1.57. The fourth-order valence-corrected chi connectivity index (χ4v) is 0.487. The quantitative estimate of drug-likeness (QED) is 0.473. The summed E-state index contributed by atoms with van der Waals surface area (Å²) in [6.07, 6.45) is 4.21. The van der Waals surface area contributed by atoms with Crippen molar-refractivity contribution in [1.82, 2.24) is 0 Å². The van der Waals surface area contributed by atoms with Crippen molar-refractivity contribution < 1.29 is 9.53 Å². The van der Waals surface area contributed by atoms with E-state index in [1.807, 2.05) is 13.8 Å². The van der Waals surface area contributed by atoms with E-state index in [4.69, 9.17) is 4.74 Å². The van der Waals surface area contributed by atoms with Crippen LogP contribution < -0.4 is 0 Å². The third-order valence-corrected chi connectivity index (χ3v) is 1.57. The van der Waals surface area contributed by atoms with Gasteiger partial charge in [0.1, 0.15) is 6.29 Å². The molecule has 0 rings (SSSR count). The van der Waals surface area contributed by atoms with E-state index in [9.17, 15) is 4.79 Å². The molecule has 0 saturated carbocycles. The largest absolute Gasteiger partial charge is 0.381 e. The maximum absolute atomic E-state index is 9.74. The standard InChI is InChI=1S/C6H14O.C5H10O/c1-3-5-7-6-4-2;1-3-5(2)4-6/h3-6H2,1-2H3;4-5H,3H2,1-2H3. The van der Waals surface area contributed by atoms with Crippen LogP contribution in [0.5, 0.6) is 0 Å². The Morgan fingerprint density at radius 3 is 1.77 bits per heavy atom. The number of hydrogen-bond donors (Lipinski definition) is 0. The zero-order chi connectivity index (χ0) is 10.5. The lowest BCUT2D eigenvalue weighted by Gasteiger charge is -1.95. The van der Waals surface area contributed by atoms with Crippen molar-refractivity contribution in [2.45, 2.75) is 47.0 Å². The predicted molar refractivity (Wildman–Crippen MR) is 56.9 cm³/mol. The topological polar surface area (TPSA) is 26.3 Å². The summed E-state index contributed by atoms with van der Waals surface area (Å²) in [7, 11) is 0. The van der Waals surface area contributed by atoms with Crippen molar-refractivity contribution in [1.29, 1.82) is 0 Å². The van der Waals surface area contributed by atoms with Crippen LogP contribution in [0.1, 0.15) is 47.0 Å². The Balaban J connectivity index is 0. The molecular weight excluding hydrogens is 164 g/mol. The van der Waals surface area contributed by atoms with Crippen molar-refractivity contribution in [2.24, 2.45) is 5.92 Å². The van der Waals surface area contributed by atoms with E-state index >= 15 is 0 Å². The second kappa shape index (κ2) is 14.2. The van der Waals surface area contributed by atoms with Crippen molar-refractivity contribution in [3.8, 4) is 0 Å². The molecule has 0 saturated heterocycles. The Hall–Kier alpha value is -0.370. The second-order valence-electron chi connectivity index (χ2n) is 3.13. The van der Waals surface area contributed by atoms with Crippen molar-refractivity contribution in [3.05, 3.63) is 0 Å². The monoisotopic (exact) mass is 188 g/mol. The Kier molecular flexibility index (Phi) is 16.5. The van der Waals surface area contributed by atoms with Crippen LogP contribution in [-0.2, 0) is 9.53 Å². The number of carbonyl (C=O) groups excluding carboxylic acids is 1. The Morgan fingerprint density at radius 2 is 1.62 bits per heavy atom. The van der Waals surface area contributed by atoms with Gasteiger partial charge in [0.15, 0.2) is 0 Å². The minimum absolute atomic E-state index is 0.255. The molecule has 0 spiro atoms. The lowest BCUT2D eigenvalue weighted by Crippen LogP contribution is -1.92. The van der Waals surface area contributed by atoms with Crippen molar-refractivity contribution >= 4 is 6.29 Å². The van der Waals surface area contributed by atoms with Gasteiger partial charge >= 0.3 is 0 Å². The van der Waals surface area contributed by atoms with Crippen LogP contribution in [-0.4, -0.2) is 19.5 Å². The van der Waals surface area contributed by atoms with Crippen LogP contribution in [0.15, 0.2) is 0 Å². The zero-order valence-corrected chi connectivity index (χ0v) is 9.51. The van der Waals surface area contributed by atoms with Gasteiger partial charge in [0.05, 0.1) is 0 Å². The minimum Gasteiger partial charge on any atom is -0.381 e. The molecule has 0 aliphatic carbocycles. The van der Waals surface area contributed by atoms with Crippen LogP contribution in [0.4, 0.5) is 0 Å². The highest BCUT2D eigenvalue weighted by Gasteiger charge is 1.89. The van der Waals surface area contributed by atoms with Crippen LogP contribution in [0.25, 0.3) is 0 Å². The molecule has 0 aromatic rings. The van der Waals surface area contributed by atoms with Crippen molar-refractivity contribution in [3.63, 3.8) is 0 Å². The van der Waals surface area contributed by atoms with Gasteiger partial charge in [-0.25, -0.2) is 0 Å². The van der Waals surface area contributed by atoms with E-state index < -0.39 is 0 Å². The summed E-state index contributed by atoms with van der Waals surface area (Å²) >= 11 is 0. The van der Waals surface area contributed by atoms with Gasteiger partial charge in [0, 0.05) is 19.1 Å². The molecule has 0 bridgehead atoms. The molecule has 1 atom stereocenters. The SMILES string of the molecule is CCC(C)C=O.CCCOCCC. The summed E-state index contributed by atoms with van der Waals surface area (Å²) in [5, 5.41) is 0. The minimum atomic E-state index is 0.255. The summed E-state index contributed by atoms with van der Waals surface area (Å²) in [5.74, 6) is 0.255. The summed E-state index contributed by atoms with van der Waals surface area (Å²) in [4.78, 5) is 9.74. The summed E-state index contributed by atoms with van der Waals surface area (Å²) < 4.78 is 5.13. The van der Waals surface area contributed by atoms with E-state index in [0.717, 1.165) is 38.8 Å². The van der Waals surface area contributed by atoms with E-state index in [1.165, 1.54) is 0 Å². The first-order valence-corrected chi connectivity index (χ1v) is 5.25. The van der Waals surface area contributed by atoms with Crippen LogP contribution in [0, 0.1) is 5.92 Å². The van der Waals surface area contributed by atoms with Gasteiger partial charge in [-0.15, -0.1) is 0 Å². The molecule has 0 amide bonds. The first kappa shape index (κ1) is 15.1. The molecule has 0 radical (unpaired) electrons. The lowest BCUT2D eigenvalue weighted by atomic mass is 10.2. The average molecular weight is 188 g/mol. The van der Waals surface area contributed by atoms with E-state index in [2.05, 4.69) is 13.8 Å².